The Labute approximate surface area is 141 Å². The van der Waals surface area contributed by atoms with E-state index in [1.54, 1.807) is 6.33 Å². The Kier molecular flexibility index (Phi) is 4.00. The minimum Gasteiger partial charge on any atom is -0.340 e. The van der Waals surface area contributed by atoms with E-state index >= 15 is 0 Å². The van der Waals surface area contributed by atoms with Crippen LogP contribution in [0.2, 0.25) is 0 Å². The van der Waals surface area contributed by atoms with E-state index in [-0.39, 0.29) is 12.4 Å². The molecule has 0 unspecified atom stereocenters. The summed E-state index contributed by atoms with van der Waals surface area (Å²) < 4.78 is 1.02. The van der Waals surface area contributed by atoms with Gasteiger partial charge in [-0.05, 0) is 24.3 Å². The lowest BCUT2D eigenvalue weighted by Crippen LogP contribution is -1.95. The second-order valence-electron chi connectivity index (χ2n) is 4.75. The Morgan fingerprint density at radius 1 is 1.00 bits per heavy atom. The first-order chi connectivity index (χ1) is 10.3. The van der Waals surface area contributed by atoms with Crippen LogP contribution in [0.5, 0.6) is 0 Å². The number of hydrogen-bond acceptors (Lipinski definition) is 3. The van der Waals surface area contributed by atoms with Crippen LogP contribution in [0.4, 0.5) is 11.5 Å². The van der Waals surface area contributed by atoms with E-state index in [1.165, 1.54) is 0 Å². The van der Waals surface area contributed by atoms with Gasteiger partial charge in [-0.15, -0.1) is 12.4 Å². The monoisotopic (exact) mass is 374 g/mol. The molecule has 0 radical (unpaired) electrons. The number of benzene rings is 2. The van der Waals surface area contributed by atoms with Gasteiger partial charge in [-0.25, -0.2) is 9.97 Å². The molecule has 2 aromatic heterocycles. The van der Waals surface area contributed by atoms with E-state index in [2.05, 4.69) is 42.3 Å². The van der Waals surface area contributed by atoms with Gasteiger partial charge in [0, 0.05) is 21.1 Å². The summed E-state index contributed by atoms with van der Waals surface area (Å²) in [6.45, 7) is 0. The highest BCUT2D eigenvalue weighted by molar-refractivity contribution is 9.10. The van der Waals surface area contributed by atoms with E-state index in [1.807, 2.05) is 42.5 Å². The first-order valence-electron chi connectivity index (χ1n) is 6.55. The molecule has 110 valence electrons. The minimum absolute atomic E-state index is 0. The van der Waals surface area contributed by atoms with Gasteiger partial charge in [0.1, 0.15) is 17.8 Å². The molecule has 0 amide bonds. The molecule has 0 aliphatic heterocycles. The van der Waals surface area contributed by atoms with Crippen molar-refractivity contribution in [1.29, 1.82) is 0 Å². The molecule has 0 atom stereocenters. The summed E-state index contributed by atoms with van der Waals surface area (Å²) in [6, 6.07) is 16.1. The number of nitrogens with one attached hydrogen (secondary N) is 2. The molecule has 4 rings (SSSR count). The highest BCUT2D eigenvalue weighted by Crippen LogP contribution is 2.30. The number of para-hydroxylation sites is 1. The molecule has 22 heavy (non-hydrogen) atoms. The summed E-state index contributed by atoms with van der Waals surface area (Å²) in [5.41, 5.74) is 2.88. The number of nitrogens with zero attached hydrogens (tertiary/aromatic N) is 2. The third kappa shape index (κ3) is 2.53. The van der Waals surface area contributed by atoms with Gasteiger partial charge in [0.05, 0.1) is 5.39 Å². The zero-order chi connectivity index (χ0) is 14.2. The summed E-state index contributed by atoms with van der Waals surface area (Å²) in [6.07, 6.45) is 1.57. The van der Waals surface area contributed by atoms with Crippen LogP contribution in [-0.4, -0.2) is 15.0 Å². The smallest absolute Gasteiger partial charge is 0.143 e. The first-order valence-corrected chi connectivity index (χ1v) is 7.34. The van der Waals surface area contributed by atoms with Crippen molar-refractivity contribution >= 4 is 61.8 Å². The fourth-order valence-electron chi connectivity index (χ4n) is 2.47. The fourth-order valence-corrected chi connectivity index (χ4v) is 2.87. The number of aromatic amines is 1. The SMILES string of the molecule is Brc1cccc(Nc2ncnc3[nH]c4ccccc4c23)c1.Cl. The molecular formula is C16H12BrClN4. The zero-order valence-corrected chi connectivity index (χ0v) is 13.8. The number of aromatic nitrogens is 3. The van der Waals surface area contributed by atoms with E-state index < -0.39 is 0 Å². The molecule has 0 saturated carbocycles. The Morgan fingerprint density at radius 3 is 2.73 bits per heavy atom. The number of rotatable bonds is 2. The number of anilines is 2. The number of halogens is 2. The summed E-state index contributed by atoms with van der Waals surface area (Å²) in [5.74, 6) is 0.801. The van der Waals surface area contributed by atoms with Gasteiger partial charge < -0.3 is 10.3 Å². The molecule has 6 heteroatoms. The van der Waals surface area contributed by atoms with E-state index in [0.29, 0.717) is 0 Å². The third-order valence-corrected chi connectivity index (χ3v) is 3.88. The van der Waals surface area contributed by atoms with Gasteiger partial charge in [0.15, 0.2) is 0 Å². The lowest BCUT2D eigenvalue weighted by atomic mass is 10.2. The van der Waals surface area contributed by atoms with Crippen LogP contribution in [0.15, 0.2) is 59.3 Å². The Bertz CT molecular complexity index is 951. The standard InChI is InChI=1S/C16H11BrN4.ClH/c17-10-4-3-5-11(8-10)20-15-14-12-6-1-2-7-13(12)21-16(14)19-9-18-15;/h1-9H,(H2,18,19,20,21);1H. The second-order valence-corrected chi connectivity index (χ2v) is 5.67. The van der Waals surface area contributed by atoms with Crippen LogP contribution >= 0.6 is 28.3 Å². The minimum atomic E-state index is 0. The highest BCUT2D eigenvalue weighted by Gasteiger charge is 2.10. The van der Waals surface area contributed by atoms with E-state index in [9.17, 15) is 0 Å². The maximum atomic E-state index is 4.40. The lowest BCUT2D eigenvalue weighted by molar-refractivity contribution is 1.20. The quantitative estimate of drug-likeness (QED) is 0.516. The molecule has 0 spiro atoms. The topological polar surface area (TPSA) is 53.6 Å². The normalized spacial score (nSPS) is 10.6. The van der Waals surface area contributed by atoms with Crippen LogP contribution in [0.25, 0.3) is 21.9 Å². The Balaban J connectivity index is 0.00000144. The third-order valence-electron chi connectivity index (χ3n) is 3.38. The molecule has 0 aliphatic rings. The molecule has 0 fully saturated rings. The maximum absolute atomic E-state index is 4.40. The average molecular weight is 376 g/mol. The molecule has 2 aromatic carbocycles. The average Bonchev–Trinajstić information content (AvgIpc) is 2.87. The van der Waals surface area contributed by atoms with Crippen LogP contribution < -0.4 is 5.32 Å². The second kappa shape index (κ2) is 5.94. The summed E-state index contributed by atoms with van der Waals surface area (Å²) in [5, 5.41) is 5.49. The van der Waals surface area contributed by atoms with Gasteiger partial charge in [0.25, 0.3) is 0 Å². The highest BCUT2D eigenvalue weighted by atomic mass is 79.9. The number of H-pyrrole nitrogens is 1. The lowest BCUT2D eigenvalue weighted by Gasteiger charge is -2.07. The van der Waals surface area contributed by atoms with E-state index in [0.717, 1.165) is 37.9 Å². The Morgan fingerprint density at radius 2 is 1.86 bits per heavy atom. The van der Waals surface area contributed by atoms with Gasteiger partial charge in [-0.1, -0.05) is 40.2 Å². The predicted octanol–water partition coefficient (Wildman–Crippen LogP) is 5.04. The molecule has 0 aliphatic carbocycles. The van der Waals surface area contributed by atoms with Crippen molar-refractivity contribution in [2.75, 3.05) is 5.32 Å². The maximum Gasteiger partial charge on any atom is 0.143 e. The summed E-state index contributed by atoms with van der Waals surface area (Å²) in [7, 11) is 0. The largest absolute Gasteiger partial charge is 0.340 e. The van der Waals surface area contributed by atoms with Crippen LogP contribution in [0.3, 0.4) is 0 Å². The number of hydrogen-bond donors (Lipinski definition) is 2. The van der Waals surface area contributed by atoms with Crippen molar-refractivity contribution in [2.24, 2.45) is 0 Å². The molecule has 2 N–H and O–H groups in total. The van der Waals surface area contributed by atoms with Crippen molar-refractivity contribution in [3.05, 3.63) is 59.3 Å². The van der Waals surface area contributed by atoms with Crippen LogP contribution in [-0.2, 0) is 0 Å². The van der Waals surface area contributed by atoms with Crippen LogP contribution in [0, 0.1) is 0 Å². The predicted molar refractivity (Wildman–Crippen MR) is 96.1 cm³/mol. The summed E-state index contributed by atoms with van der Waals surface area (Å²) >= 11 is 3.48. The molecule has 4 aromatic rings. The summed E-state index contributed by atoms with van der Waals surface area (Å²) in [4.78, 5) is 12.0. The van der Waals surface area contributed by atoms with Crippen molar-refractivity contribution in [2.45, 2.75) is 0 Å². The first kappa shape index (κ1) is 14.8. The fraction of sp³-hybridized carbons (Fsp3) is 0. The van der Waals surface area contributed by atoms with Gasteiger partial charge >= 0.3 is 0 Å². The molecular weight excluding hydrogens is 364 g/mol. The molecule has 0 bridgehead atoms. The van der Waals surface area contributed by atoms with Crippen molar-refractivity contribution < 1.29 is 0 Å². The number of fused-ring (bicyclic) bond motifs is 3. The van der Waals surface area contributed by atoms with E-state index in [4.69, 9.17) is 0 Å². The van der Waals surface area contributed by atoms with Crippen LogP contribution in [0.1, 0.15) is 0 Å². The molecule has 2 heterocycles. The van der Waals surface area contributed by atoms with Crippen molar-refractivity contribution in [3.63, 3.8) is 0 Å². The van der Waals surface area contributed by atoms with Gasteiger partial charge in [0.2, 0.25) is 0 Å². The molecule has 0 saturated heterocycles. The van der Waals surface area contributed by atoms with Crippen molar-refractivity contribution in [3.8, 4) is 0 Å². The Hall–Kier alpha value is -2.11. The van der Waals surface area contributed by atoms with Gasteiger partial charge in [-0.2, -0.15) is 0 Å². The van der Waals surface area contributed by atoms with Gasteiger partial charge in [-0.3, -0.25) is 0 Å². The zero-order valence-electron chi connectivity index (χ0n) is 11.4. The van der Waals surface area contributed by atoms with Crippen molar-refractivity contribution in [1.82, 2.24) is 15.0 Å². The molecule has 4 nitrogen and oxygen atoms in total.